The van der Waals surface area contributed by atoms with Gasteiger partial charge in [-0.2, -0.15) is 0 Å². The maximum atomic E-state index is 11.7. The first-order chi connectivity index (χ1) is 7.63. The molecule has 1 rings (SSSR count). The predicted molar refractivity (Wildman–Crippen MR) is 71.3 cm³/mol. The van der Waals surface area contributed by atoms with Crippen molar-refractivity contribution in [2.45, 2.75) is 19.8 Å². The zero-order valence-corrected chi connectivity index (χ0v) is 11.6. The molecule has 1 unspecified atom stereocenters. The van der Waals surface area contributed by atoms with E-state index in [0.717, 1.165) is 10.0 Å². The lowest BCUT2D eigenvalue weighted by Gasteiger charge is -2.01. The van der Waals surface area contributed by atoms with Gasteiger partial charge in [0.25, 0.3) is 0 Å². The highest BCUT2D eigenvalue weighted by Crippen LogP contribution is 2.12. The average Bonchev–Trinajstić information content (AvgIpc) is 2.29. The van der Waals surface area contributed by atoms with Gasteiger partial charge < -0.3 is 0 Å². The molecule has 0 spiro atoms. The summed E-state index contributed by atoms with van der Waals surface area (Å²) in [6.45, 7) is 1.90. The second-order valence-electron chi connectivity index (χ2n) is 3.47. The van der Waals surface area contributed by atoms with Crippen molar-refractivity contribution in [3.05, 3.63) is 34.3 Å². The molecule has 0 saturated carbocycles. The van der Waals surface area contributed by atoms with Gasteiger partial charge in [0.1, 0.15) is 0 Å². The van der Waals surface area contributed by atoms with E-state index in [1.807, 2.05) is 31.2 Å². The van der Waals surface area contributed by atoms with Crippen LogP contribution in [-0.2, 0) is 10.8 Å². The fraction of sp³-hybridized carbons (Fsp3) is 0.417. The molecule has 0 N–H and O–H groups in total. The smallest absolute Gasteiger partial charge is 0.162 e. The lowest BCUT2D eigenvalue weighted by atomic mass is 10.1. The quantitative estimate of drug-likeness (QED) is 0.756. The molecule has 2 nitrogen and oxygen atoms in total. The predicted octanol–water partition coefficient (Wildman–Crippen LogP) is 3.18. The van der Waals surface area contributed by atoms with Crippen LogP contribution in [0.3, 0.4) is 0 Å². The Morgan fingerprint density at radius 3 is 2.50 bits per heavy atom. The van der Waals surface area contributed by atoms with Crippen LogP contribution in [0.15, 0.2) is 28.7 Å². The molecule has 0 fully saturated rings. The minimum atomic E-state index is -0.763. The van der Waals surface area contributed by atoms with Gasteiger partial charge in [0.15, 0.2) is 5.78 Å². The van der Waals surface area contributed by atoms with Crippen molar-refractivity contribution in [3.63, 3.8) is 0 Å². The SMILES string of the molecule is CCS(=O)CCCC(=O)c1ccc(Br)cc1. The molecule has 0 heterocycles. The van der Waals surface area contributed by atoms with Crippen LogP contribution >= 0.6 is 15.9 Å². The summed E-state index contributed by atoms with van der Waals surface area (Å²) in [5, 5.41) is 0. The van der Waals surface area contributed by atoms with Gasteiger partial charge in [-0.3, -0.25) is 9.00 Å². The van der Waals surface area contributed by atoms with Gasteiger partial charge in [-0.1, -0.05) is 35.0 Å². The molecule has 0 aliphatic carbocycles. The highest BCUT2D eigenvalue weighted by Gasteiger charge is 2.06. The summed E-state index contributed by atoms with van der Waals surface area (Å²) in [6.07, 6.45) is 1.18. The van der Waals surface area contributed by atoms with E-state index in [9.17, 15) is 9.00 Å². The summed E-state index contributed by atoms with van der Waals surface area (Å²) in [5.74, 6) is 1.42. The lowest BCUT2D eigenvalue weighted by Crippen LogP contribution is -2.04. The van der Waals surface area contributed by atoms with Crippen molar-refractivity contribution in [3.8, 4) is 0 Å². The van der Waals surface area contributed by atoms with Crippen molar-refractivity contribution < 1.29 is 9.00 Å². The van der Waals surface area contributed by atoms with Crippen molar-refractivity contribution in [1.82, 2.24) is 0 Å². The first kappa shape index (κ1) is 13.6. The molecule has 0 aromatic heterocycles. The third kappa shape index (κ3) is 4.58. The van der Waals surface area contributed by atoms with E-state index < -0.39 is 10.8 Å². The molecule has 88 valence electrons. The fourth-order valence-corrected chi connectivity index (χ4v) is 2.34. The molecule has 0 aliphatic heterocycles. The molecule has 0 aliphatic rings. The van der Waals surface area contributed by atoms with Gasteiger partial charge in [0.2, 0.25) is 0 Å². The Kier molecular flexibility index (Phi) is 5.91. The topological polar surface area (TPSA) is 34.1 Å². The maximum Gasteiger partial charge on any atom is 0.162 e. The van der Waals surface area contributed by atoms with E-state index in [4.69, 9.17) is 0 Å². The summed E-state index contributed by atoms with van der Waals surface area (Å²) in [5.41, 5.74) is 0.727. The highest BCUT2D eigenvalue weighted by atomic mass is 79.9. The Bertz CT molecular complexity index is 373. The fourth-order valence-electron chi connectivity index (χ4n) is 1.32. The average molecular weight is 303 g/mol. The Labute approximate surface area is 107 Å². The van der Waals surface area contributed by atoms with Gasteiger partial charge in [-0.15, -0.1) is 0 Å². The summed E-state index contributed by atoms with van der Waals surface area (Å²) in [6, 6.07) is 7.33. The van der Waals surface area contributed by atoms with Crippen LogP contribution in [0.5, 0.6) is 0 Å². The summed E-state index contributed by atoms with van der Waals surface area (Å²) >= 11 is 3.32. The second-order valence-corrected chi connectivity index (χ2v) is 6.25. The van der Waals surface area contributed by atoms with Crippen molar-refractivity contribution in [1.29, 1.82) is 0 Å². The number of halogens is 1. The van der Waals surface area contributed by atoms with E-state index in [2.05, 4.69) is 15.9 Å². The Morgan fingerprint density at radius 1 is 1.31 bits per heavy atom. The van der Waals surface area contributed by atoms with E-state index in [0.29, 0.717) is 24.3 Å². The van der Waals surface area contributed by atoms with Gasteiger partial charge >= 0.3 is 0 Å². The molecule has 4 heteroatoms. The number of hydrogen-bond acceptors (Lipinski definition) is 2. The third-order valence-corrected chi connectivity index (χ3v) is 4.18. The molecular weight excluding hydrogens is 288 g/mol. The molecule has 16 heavy (non-hydrogen) atoms. The van der Waals surface area contributed by atoms with E-state index >= 15 is 0 Å². The first-order valence-electron chi connectivity index (χ1n) is 5.27. The summed E-state index contributed by atoms with van der Waals surface area (Å²) < 4.78 is 12.1. The van der Waals surface area contributed by atoms with Crippen LogP contribution < -0.4 is 0 Å². The lowest BCUT2D eigenvalue weighted by molar-refractivity contribution is 0.0982. The van der Waals surface area contributed by atoms with Crippen LogP contribution in [0.4, 0.5) is 0 Å². The zero-order chi connectivity index (χ0) is 12.0. The Hall–Kier alpha value is -0.480. The van der Waals surface area contributed by atoms with Crippen molar-refractivity contribution in [2.75, 3.05) is 11.5 Å². The van der Waals surface area contributed by atoms with Crippen molar-refractivity contribution in [2.24, 2.45) is 0 Å². The number of carbonyl (C=O) groups is 1. The van der Waals surface area contributed by atoms with Gasteiger partial charge in [-0.05, 0) is 18.6 Å². The van der Waals surface area contributed by atoms with Crippen LogP contribution in [0.25, 0.3) is 0 Å². The molecular formula is C12H15BrO2S. The molecule has 1 atom stereocenters. The molecule has 0 saturated heterocycles. The number of ketones is 1. The molecule has 0 radical (unpaired) electrons. The molecule has 1 aromatic carbocycles. The zero-order valence-electron chi connectivity index (χ0n) is 9.24. The monoisotopic (exact) mass is 302 g/mol. The van der Waals surface area contributed by atoms with E-state index in [1.165, 1.54) is 0 Å². The minimum absolute atomic E-state index is 0.126. The van der Waals surface area contributed by atoms with Crippen LogP contribution in [-0.4, -0.2) is 21.5 Å². The number of Topliss-reactive ketones (excluding diaryl/α,β-unsaturated/α-hetero) is 1. The maximum absolute atomic E-state index is 11.7. The summed E-state index contributed by atoms with van der Waals surface area (Å²) in [4.78, 5) is 11.7. The van der Waals surface area contributed by atoms with Crippen molar-refractivity contribution >= 4 is 32.5 Å². The normalized spacial score (nSPS) is 12.4. The second kappa shape index (κ2) is 6.97. The third-order valence-electron chi connectivity index (χ3n) is 2.26. The van der Waals surface area contributed by atoms with Crippen LogP contribution in [0.2, 0.25) is 0 Å². The summed E-state index contributed by atoms with van der Waals surface area (Å²) in [7, 11) is -0.763. The Balaban J connectivity index is 2.41. The van der Waals surface area contributed by atoms with E-state index in [1.54, 1.807) is 0 Å². The Morgan fingerprint density at radius 2 is 1.94 bits per heavy atom. The van der Waals surface area contributed by atoms with Crippen LogP contribution in [0.1, 0.15) is 30.1 Å². The largest absolute Gasteiger partial charge is 0.294 e. The van der Waals surface area contributed by atoms with Gasteiger partial charge in [-0.25, -0.2) is 0 Å². The van der Waals surface area contributed by atoms with Crippen LogP contribution in [0, 0.1) is 0 Å². The highest BCUT2D eigenvalue weighted by molar-refractivity contribution is 9.10. The first-order valence-corrected chi connectivity index (χ1v) is 7.55. The number of benzene rings is 1. The number of carbonyl (C=O) groups excluding carboxylic acids is 1. The van der Waals surface area contributed by atoms with Gasteiger partial charge in [0.05, 0.1) is 0 Å². The minimum Gasteiger partial charge on any atom is -0.294 e. The number of rotatable bonds is 6. The number of hydrogen-bond donors (Lipinski definition) is 0. The van der Waals surface area contributed by atoms with Gasteiger partial charge in [0, 0.05) is 38.8 Å². The molecule has 0 amide bonds. The molecule has 0 bridgehead atoms. The van der Waals surface area contributed by atoms with E-state index in [-0.39, 0.29) is 5.78 Å². The standard InChI is InChI=1S/C12H15BrO2S/c1-2-16(15)9-3-4-12(14)10-5-7-11(13)8-6-10/h5-8H,2-4,9H2,1H3. The molecule has 1 aromatic rings.